The molecule has 0 radical (unpaired) electrons. The summed E-state index contributed by atoms with van der Waals surface area (Å²) in [7, 11) is 0. The minimum atomic E-state index is -0.399. The molecule has 0 aliphatic carbocycles. The average Bonchev–Trinajstić information content (AvgIpc) is 2.47. The van der Waals surface area contributed by atoms with Gasteiger partial charge >= 0.3 is 6.03 Å². The molecule has 0 saturated heterocycles. The van der Waals surface area contributed by atoms with E-state index in [-0.39, 0.29) is 12.6 Å². The van der Waals surface area contributed by atoms with E-state index in [1.54, 1.807) is 6.07 Å². The predicted octanol–water partition coefficient (Wildman–Crippen LogP) is 4.36. The molecule has 0 aromatic heterocycles. The molecule has 0 spiro atoms. The third-order valence-electron chi connectivity index (χ3n) is 3.07. The molecule has 2 aromatic rings. The number of nitrogens with one attached hydrogen (secondary N) is 2. The van der Waals surface area contributed by atoms with E-state index in [1.165, 1.54) is 17.7 Å². The maximum atomic E-state index is 12.9. The Kier molecular flexibility index (Phi) is 5.17. The highest BCUT2D eigenvalue weighted by molar-refractivity contribution is 6.31. The lowest BCUT2D eigenvalue weighted by Crippen LogP contribution is -2.28. The van der Waals surface area contributed by atoms with Gasteiger partial charge in [-0.15, -0.1) is 0 Å². The van der Waals surface area contributed by atoms with Crippen LogP contribution in [0, 0.1) is 5.82 Å². The minimum absolute atomic E-state index is 0.234. The van der Waals surface area contributed by atoms with Crippen molar-refractivity contribution in [1.82, 2.24) is 5.32 Å². The van der Waals surface area contributed by atoms with Crippen molar-refractivity contribution in [2.45, 2.75) is 19.9 Å². The van der Waals surface area contributed by atoms with Gasteiger partial charge in [0.25, 0.3) is 0 Å². The molecule has 2 rings (SSSR count). The number of halogens is 2. The normalized spacial score (nSPS) is 10.2. The Morgan fingerprint density at radius 2 is 1.90 bits per heavy atom. The monoisotopic (exact) mass is 306 g/mol. The van der Waals surface area contributed by atoms with Crippen LogP contribution in [0.5, 0.6) is 0 Å². The number of carbonyl (C=O) groups excluding carboxylic acids is 1. The molecule has 0 aliphatic heterocycles. The van der Waals surface area contributed by atoms with Crippen LogP contribution in [-0.4, -0.2) is 6.03 Å². The van der Waals surface area contributed by atoms with Crippen molar-refractivity contribution in [3.63, 3.8) is 0 Å². The van der Waals surface area contributed by atoms with Gasteiger partial charge in [-0.3, -0.25) is 0 Å². The standard InChI is InChI=1S/C16H16ClFN2O/c1-2-11-3-7-14(8-4-11)20-16(21)19-10-12-5-6-13(18)9-15(12)17/h3-9H,2,10H2,1H3,(H2,19,20,21). The Hall–Kier alpha value is -2.07. The number of hydrogen-bond acceptors (Lipinski definition) is 1. The quantitative estimate of drug-likeness (QED) is 0.865. The average molecular weight is 307 g/mol. The molecule has 2 amide bonds. The van der Waals surface area contributed by atoms with E-state index in [2.05, 4.69) is 17.6 Å². The summed E-state index contributed by atoms with van der Waals surface area (Å²) in [6, 6.07) is 11.4. The molecule has 0 atom stereocenters. The lowest BCUT2D eigenvalue weighted by atomic mass is 10.1. The molecule has 0 unspecified atom stereocenters. The van der Waals surface area contributed by atoms with E-state index in [1.807, 2.05) is 24.3 Å². The molecule has 21 heavy (non-hydrogen) atoms. The second-order valence-electron chi connectivity index (χ2n) is 4.59. The smallest absolute Gasteiger partial charge is 0.319 e. The number of benzene rings is 2. The fourth-order valence-electron chi connectivity index (χ4n) is 1.84. The Balaban J connectivity index is 1.89. The van der Waals surface area contributed by atoms with Gasteiger partial charge in [0.2, 0.25) is 0 Å². The molecule has 5 heteroatoms. The maximum Gasteiger partial charge on any atom is 0.319 e. The van der Waals surface area contributed by atoms with Crippen molar-refractivity contribution in [1.29, 1.82) is 0 Å². The Bertz CT molecular complexity index is 629. The number of carbonyl (C=O) groups is 1. The van der Waals surface area contributed by atoms with E-state index >= 15 is 0 Å². The summed E-state index contributed by atoms with van der Waals surface area (Å²) in [6.45, 7) is 2.31. The Morgan fingerprint density at radius 3 is 2.52 bits per heavy atom. The first kappa shape index (κ1) is 15.3. The van der Waals surface area contributed by atoms with Gasteiger partial charge < -0.3 is 10.6 Å². The summed E-state index contributed by atoms with van der Waals surface area (Å²) in [4.78, 5) is 11.8. The summed E-state index contributed by atoms with van der Waals surface area (Å²) in [5, 5.41) is 5.70. The highest BCUT2D eigenvalue weighted by Gasteiger charge is 2.05. The molecule has 2 N–H and O–H groups in total. The fraction of sp³-hybridized carbons (Fsp3) is 0.188. The van der Waals surface area contributed by atoms with Gasteiger partial charge in [0.15, 0.2) is 0 Å². The molecule has 2 aromatic carbocycles. The van der Waals surface area contributed by atoms with E-state index in [9.17, 15) is 9.18 Å². The van der Waals surface area contributed by atoms with Crippen LogP contribution in [-0.2, 0) is 13.0 Å². The van der Waals surface area contributed by atoms with Gasteiger partial charge in [0.05, 0.1) is 0 Å². The van der Waals surface area contributed by atoms with Crippen LogP contribution in [0.15, 0.2) is 42.5 Å². The second-order valence-corrected chi connectivity index (χ2v) is 5.00. The summed E-state index contributed by atoms with van der Waals surface area (Å²) in [6.07, 6.45) is 0.954. The van der Waals surface area contributed by atoms with E-state index in [4.69, 9.17) is 11.6 Å². The van der Waals surface area contributed by atoms with E-state index in [0.717, 1.165) is 12.1 Å². The van der Waals surface area contributed by atoms with Gasteiger partial charge in [-0.2, -0.15) is 0 Å². The first-order valence-corrected chi connectivity index (χ1v) is 7.04. The van der Waals surface area contributed by atoms with Crippen molar-refractivity contribution in [3.8, 4) is 0 Å². The molecular weight excluding hydrogens is 291 g/mol. The van der Waals surface area contributed by atoms with Crippen LogP contribution in [0.1, 0.15) is 18.1 Å². The zero-order valence-corrected chi connectivity index (χ0v) is 12.4. The number of anilines is 1. The summed E-state index contributed by atoms with van der Waals surface area (Å²) in [5.74, 6) is -0.399. The third-order valence-corrected chi connectivity index (χ3v) is 3.43. The zero-order valence-electron chi connectivity index (χ0n) is 11.6. The third kappa shape index (κ3) is 4.46. The van der Waals surface area contributed by atoms with Crippen LogP contribution in [0.3, 0.4) is 0 Å². The van der Waals surface area contributed by atoms with Crippen LogP contribution >= 0.6 is 11.6 Å². The topological polar surface area (TPSA) is 41.1 Å². The predicted molar refractivity (Wildman–Crippen MR) is 83.1 cm³/mol. The highest BCUT2D eigenvalue weighted by atomic mass is 35.5. The van der Waals surface area contributed by atoms with Crippen molar-refractivity contribution in [2.24, 2.45) is 0 Å². The molecule has 3 nitrogen and oxygen atoms in total. The summed E-state index contributed by atoms with van der Waals surface area (Å²) >= 11 is 5.89. The van der Waals surface area contributed by atoms with Crippen molar-refractivity contribution < 1.29 is 9.18 Å². The van der Waals surface area contributed by atoms with Crippen LogP contribution in [0.4, 0.5) is 14.9 Å². The summed E-state index contributed by atoms with van der Waals surface area (Å²) < 4.78 is 12.9. The van der Waals surface area contributed by atoms with Crippen LogP contribution < -0.4 is 10.6 Å². The zero-order chi connectivity index (χ0) is 15.2. The van der Waals surface area contributed by atoms with Gasteiger partial charge in [-0.1, -0.05) is 36.7 Å². The molecule has 0 saturated carbocycles. The number of aryl methyl sites for hydroxylation is 1. The second kappa shape index (κ2) is 7.09. The molecule has 0 fully saturated rings. The van der Waals surface area contributed by atoms with E-state index in [0.29, 0.717) is 10.6 Å². The fourth-order valence-corrected chi connectivity index (χ4v) is 2.07. The summed E-state index contributed by atoms with van der Waals surface area (Å²) in [5.41, 5.74) is 2.59. The Labute approximate surface area is 128 Å². The highest BCUT2D eigenvalue weighted by Crippen LogP contribution is 2.17. The van der Waals surface area contributed by atoms with Crippen LogP contribution in [0.25, 0.3) is 0 Å². The first-order chi connectivity index (χ1) is 10.1. The van der Waals surface area contributed by atoms with Gasteiger partial charge in [0, 0.05) is 17.3 Å². The van der Waals surface area contributed by atoms with Gasteiger partial charge in [-0.25, -0.2) is 9.18 Å². The lowest BCUT2D eigenvalue weighted by molar-refractivity contribution is 0.251. The largest absolute Gasteiger partial charge is 0.334 e. The molecule has 0 aliphatic rings. The number of urea groups is 1. The molecular formula is C16H16ClFN2O. The SMILES string of the molecule is CCc1ccc(NC(=O)NCc2ccc(F)cc2Cl)cc1. The van der Waals surface area contributed by atoms with Crippen molar-refractivity contribution >= 4 is 23.3 Å². The number of hydrogen-bond donors (Lipinski definition) is 2. The molecule has 0 bridgehead atoms. The molecule has 0 heterocycles. The number of amides is 2. The van der Waals surface area contributed by atoms with Gasteiger partial charge in [0.1, 0.15) is 5.82 Å². The number of rotatable bonds is 4. The van der Waals surface area contributed by atoms with Gasteiger partial charge in [-0.05, 0) is 41.8 Å². The maximum absolute atomic E-state index is 12.9. The van der Waals surface area contributed by atoms with Crippen molar-refractivity contribution in [3.05, 3.63) is 64.4 Å². The first-order valence-electron chi connectivity index (χ1n) is 6.66. The van der Waals surface area contributed by atoms with Crippen LogP contribution in [0.2, 0.25) is 5.02 Å². The van der Waals surface area contributed by atoms with Crippen molar-refractivity contribution in [2.75, 3.05) is 5.32 Å². The lowest BCUT2D eigenvalue weighted by Gasteiger charge is -2.09. The van der Waals surface area contributed by atoms with E-state index < -0.39 is 5.82 Å². The molecule has 110 valence electrons. The Morgan fingerprint density at radius 1 is 1.19 bits per heavy atom. The minimum Gasteiger partial charge on any atom is -0.334 e.